The van der Waals surface area contributed by atoms with Gasteiger partial charge in [0.05, 0.1) is 17.2 Å². The standard InChI is InChI=1S/C16H22ClNO3/c1-10-7-8-12(17)15(9-10)21-11(2)16(20)18-13-5-3-4-6-14(13)19/h7-9,11,13-14,19H,3-6H2,1-2H3,(H,18,20). The molecule has 1 saturated carbocycles. The lowest BCUT2D eigenvalue weighted by atomic mass is 9.92. The Morgan fingerprint density at radius 2 is 2.14 bits per heavy atom. The maximum atomic E-state index is 12.2. The average Bonchev–Trinajstić information content (AvgIpc) is 2.45. The zero-order valence-corrected chi connectivity index (χ0v) is 13.2. The van der Waals surface area contributed by atoms with Gasteiger partial charge in [0.2, 0.25) is 0 Å². The fourth-order valence-electron chi connectivity index (χ4n) is 2.52. The average molecular weight is 312 g/mol. The van der Waals surface area contributed by atoms with Gasteiger partial charge in [0.15, 0.2) is 6.10 Å². The van der Waals surface area contributed by atoms with Gasteiger partial charge in [-0.05, 0) is 44.4 Å². The summed E-state index contributed by atoms with van der Waals surface area (Å²) in [6.07, 6.45) is 2.48. The van der Waals surface area contributed by atoms with Crippen molar-refractivity contribution in [3.8, 4) is 5.75 Å². The highest BCUT2D eigenvalue weighted by molar-refractivity contribution is 6.32. The first-order valence-electron chi connectivity index (χ1n) is 7.38. The molecule has 0 radical (unpaired) electrons. The first kappa shape index (κ1) is 16.1. The van der Waals surface area contributed by atoms with E-state index in [0.29, 0.717) is 10.8 Å². The Balaban J connectivity index is 1.94. The lowest BCUT2D eigenvalue weighted by Gasteiger charge is -2.29. The molecule has 0 aliphatic heterocycles. The lowest BCUT2D eigenvalue weighted by molar-refractivity contribution is -0.129. The molecular weight excluding hydrogens is 290 g/mol. The molecule has 1 aromatic rings. The molecule has 0 spiro atoms. The number of benzene rings is 1. The maximum Gasteiger partial charge on any atom is 0.261 e. The summed E-state index contributed by atoms with van der Waals surface area (Å²) in [4.78, 5) is 12.2. The van der Waals surface area contributed by atoms with E-state index in [-0.39, 0.29) is 11.9 Å². The van der Waals surface area contributed by atoms with E-state index in [1.54, 1.807) is 13.0 Å². The topological polar surface area (TPSA) is 58.6 Å². The van der Waals surface area contributed by atoms with Crippen molar-refractivity contribution in [2.75, 3.05) is 0 Å². The van der Waals surface area contributed by atoms with Crippen molar-refractivity contribution in [3.63, 3.8) is 0 Å². The van der Waals surface area contributed by atoms with E-state index in [0.717, 1.165) is 31.2 Å². The minimum atomic E-state index is -0.654. The van der Waals surface area contributed by atoms with Crippen LogP contribution in [0, 0.1) is 6.92 Å². The number of halogens is 1. The summed E-state index contributed by atoms with van der Waals surface area (Å²) < 4.78 is 5.64. The molecule has 1 aromatic carbocycles. The smallest absolute Gasteiger partial charge is 0.261 e. The van der Waals surface area contributed by atoms with E-state index in [4.69, 9.17) is 16.3 Å². The number of carbonyl (C=O) groups is 1. The van der Waals surface area contributed by atoms with Crippen LogP contribution in [0.25, 0.3) is 0 Å². The molecule has 0 bridgehead atoms. The third kappa shape index (κ3) is 4.35. The molecule has 5 heteroatoms. The van der Waals surface area contributed by atoms with E-state index in [1.165, 1.54) is 0 Å². The van der Waals surface area contributed by atoms with Crippen LogP contribution in [0.5, 0.6) is 5.75 Å². The summed E-state index contributed by atoms with van der Waals surface area (Å²) in [6, 6.07) is 5.27. The third-order valence-corrected chi connectivity index (χ3v) is 4.13. The van der Waals surface area contributed by atoms with Crippen LogP contribution in [0.1, 0.15) is 38.2 Å². The zero-order valence-electron chi connectivity index (χ0n) is 12.4. The molecule has 2 rings (SSSR count). The minimum absolute atomic E-state index is 0.176. The molecule has 3 unspecified atom stereocenters. The number of aryl methyl sites for hydroxylation is 1. The van der Waals surface area contributed by atoms with Gasteiger partial charge in [-0.15, -0.1) is 0 Å². The summed E-state index contributed by atoms with van der Waals surface area (Å²) in [5.74, 6) is 0.280. The Hall–Kier alpha value is -1.26. The van der Waals surface area contributed by atoms with Crippen LogP contribution in [0.4, 0.5) is 0 Å². The van der Waals surface area contributed by atoms with Crippen LogP contribution >= 0.6 is 11.6 Å². The third-order valence-electron chi connectivity index (χ3n) is 3.82. The SMILES string of the molecule is Cc1ccc(Cl)c(OC(C)C(=O)NC2CCCCC2O)c1. The second kappa shape index (κ2) is 7.14. The summed E-state index contributed by atoms with van der Waals surface area (Å²) >= 11 is 6.06. The van der Waals surface area contributed by atoms with Gasteiger partial charge in [0.1, 0.15) is 5.75 Å². The predicted octanol–water partition coefficient (Wildman–Crippen LogP) is 2.84. The number of ether oxygens (including phenoxy) is 1. The molecular formula is C16H22ClNO3. The Kier molecular flexibility index (Phi) is 5.48. The molecule has 1 aliphatic rings. The number of aliphatic hydroxyl groups is 1. The van der Waals surface area contributed by atoms with Crippen molar-refractivity contribution < 1.29 is 14.6 Å². The molecule has 3 atom stereocenters. The zero-order chi connectivity index (χ0) is 15.4. The van der Waals surface area contributed by atoms with Crippen molar-refractivity contribution in [2.24, 2.45) is 0 Å². The molecule has 21 heavy (non-hydrogen) atoms. The molecule has 2 N–H and O–H groups in total. The Labute approximate surface area is 130 Å². The van der Waals surface area contributed by atoms with Crippen LogP contribution in [0.3, 0.4) is 0 Å². The van der Waals surface area contributed by atoms with Gasteiger partial charge in [-0.2, -0.15) is 0 Å². The van der Waals surface area contributed by atoms with Crippen LogP contribution in [-0.4, -0.2) is 29.3 Å². The van der Waals surface area contributed by atoms with Crippen molar-refractivity contribution in [1.82, 2.24) is 5.32 Å². The summed E-state index contributed by atoms with van der Waals surface area (Å²) in [6.45, 7) is 3.62. The first-order valence-corrected chi connectivity index (χ1v) is 7.76. The lowest BCUT2D eigenvalue weighted by Crippen LogP contribution is -2.49. The predicted molar refractivity (Wildman–Crippen MR) is 82.7 cm³/mol. The van der Waals surface area contributed by atoms with Gasteiger partial charge < -0.3 is 15.2 Å². The Morgan fingerprint density at radius 3 is 2.86 bits per heavy atom. The molecule has 1 aliphatic carbocycles. The van der Waals surface area contributed by atoms with Gasteiger partial charge in [-0.3, -0.25) is 4.79 Å². The van der Waals surface area contributed by atoms with Crippen molar-refractivity contribution in [2.45, 2.75) is 57.8 Å². The fourth-order valence-corrected chi connectivity index (χ4v) is 2.69. The van der Waals surface area contributed by atoms with Crippen LogP contribution in [0.2, 0.25) is 5.02 Å². The number of hydrogen-bond donors (Lipinski definition) is 2. The van der Waals surface area contributed by atoms with E-state index in [1.807, 2.05) is 19.1 Å². The second-order valence-electron chi connectivity index (χ2n) is 5.66. The quantitative estimate of drug-likeness (QED) is 0.899. The Morgan fingerprint density at radius 1 is 1.43 bits per heavy atom. The van der Waals surface area contributed by atoms with Crippen LogP contribution in [-0.2, 0) is 4.79 Å². The maximum absolute atomic E-state index is 12.2. The number of nitrogens with one attached hydrogen (secondary N) is 1. The molecule has 4 nitrogen and oxygen atoms in total. The van der Waals surface area contributed by atoms with E-state index in [2.05, 4.69) is 5.32 Å². The molecule has 0 aromatic heterocycles. The number of amides is 1. The van der Waals surface area contributed by atoms with E-state index >= 15 is 0 Å². The van der Waals surface area contributed by atoms with E-state index in [9.17, 15) is 9.90 Å². The van der Waals surface area contributed by atoms with Gasteiger partial charge >= 0.3 is 0 Å². The molecule has 0 heterocycles. The monoisotopic (exact) mass is 311 g/mol. The highest BCUT2D eigenvalue weighted by Gasteiger charge is 2.27. The fraction of sp³-hybridized carbons (Fsp3) is 0.562. The largest absolute Gasteiger partial charge is 0.479 e. The summed E-state index contributed by atoms with van der Waals surface area (Å²) in [5, 5.41) is 13.2. The van der Waals surface area contributed by atoms with Crippen LogP contribution < -0.4 is 10.1 Å². The molecule has 1 amide bonds. The minimum Gasteiger partial charge on any atom is -0.479 e. The van der Waals surface area contributed by atoms with Gasteiger partial charge in [0.25, 0.3) is 5.91 Å². The van der Waals surface area contributed by atoms with Gasteiger partial charge in [-0.25, -0.2) is 0 Å². The van der Waals surface area contributed by atoms with E-state index < -0.39 is 12.2 Å². The van der Waals surface area contributed by atoms with Crippen molar-refractivity contribution in [3.05, 3.63) is 28.8 Å². The normalized spacial score (nSPS) is 23.4. The molecule has 116 valence electrons. The molecule has 1 fully saturated rings. The van der Waals surface area contributed by atoms with Crippen molar-refractivity contribution >= 4 is 17.5 Å². The summed E-state index contributed by atoms with van der Waals surface area (Å²) in [5.41, 5.74) is 1.02. The van der Waals surface area contributed by atoms with Crippen LogP contribution in [0.15, 0.2) is 18.2 Å². The summed E-state index contributed by atoms with van der Waals surface area (Å²) in [7, 11) is 0. The number of aliphatic hydroxyl groups excluding tert-OH is 1. The number of rotatable bonds is 4. The highest BCUT2D eigenvalue weighted by Crippen LogP contribution is 2.26. The highest BCUT2D eigenvalue weighted by atomic mass is 35.5. The number of carbonyl (C=O) groups excluding carboxylic acids is 1. The second-order valence-corrected chi connectivity index (χ2v) is 6.07. The molecule has 0 saturated heterocycles. The van der Waals surface area contributed by atoms with Gasteiger partial charge in [-0.1, -0.05) is 30.5 Å². The van der Waals surface area contributed by atoms with Crippen molar-refractivity contribution in [1.29, 1.82) is 0 Å². The first-order chi connectivity index (χ1) is 9.97. The Bertz CT molecular complexity index is 506. The number of hydrogen-bond acceptors (Lipinski definition) is 3. The van der Waals surface area contributed by atoms with Gasteiger partial charge in [0, 0.05) is 0 Å².